The molecular weight excluding hydrogens is 226 g/mol. The summed E-state index contributed by atoms with van der Waals surface area (Å²) in [5.41, 5.74) is 4.03. The first-order valence-electron chi connectivity index (χ1n) is 6.82. The highest BCUT2D eigenvalue weighted by atomic mass is 28.3. The summed E-state index contributed by atoms with van der Waals surface area (Å²) in [5, 5.41) is 0. The molecule has 0 aliphatic carbocycles. The van der Waals surface area contributed by atoms with Crippen LogP contribution < -0.4 is 0 Å². The molecule has 3 heteroatoms. The quantitative estimate of drug-likeness (QED) is 0.476. The fraction of sp³-hybridized carbons (Fsp3) is 0.846. The summed E-state index contributed by atoms with van der Waals surface area (Å²) in [7, 11) is -0.976. The van der Waals surface area contributed by atoms with Gasteiger partial charge in [-0.1, -0.05) is 45.0 Å². The van der Waals surface area contributed by atoms with Gasteiger partial charge in [0.2, 0.25) is 0 Å². The molecule has 0 heterocycles. The second kappa shape index (κ2) is 8.26. The lowest BCUT2D eigenvalue weighted by atomic mass is 10.4. The monoisotopic (exact) mass is 257 g/mol. The largest absolute Gasteiger partial charge is 0.324 e. The van der Waals surface area contributed by atoms with E-state index in [2.05, 4.69) is 51.1 Å². The first-order chi connectivity index (χ1) is 7.44. The van der Waals surface area contributed by atoms with Crippen LogP contribution in [0.5, 0.6) is 0 Å². The number of hydrogen-bond acceptors (Lipinski definition) is 1. The van der Waals surface area contributed by atoms with Crippen LogP contribution in [0.25, 0.3) is 0 Å². The zero-order valence-corrected chi connectivity index (χ0v) is 14.7. The van der Waals surface area contributed by atoms with Crippen LogP contribution in [0.3, 0.4) is 0 Å². The van der Waals surface area contributed by atoms with Crippen molar-refractivity contribution in [2.24, 2.45) is 0 Å². The summed E-state index contributed by atoms with van der Waals surface area (Å²) in [5.74, 6) is 0. The van der Waals surface area contributed by atoms with Crippen LogP contribution >= 0.6 is 0 Å². The van der Waals surface area contributed by atoms with Crippen LogP contribution in [0.2, 0.25) is 25.2 Å². The van der Waals surface area contributed by atoms with Gasteiger partial charge in [0, 0.05) is 9.52 Å². The van der Waals surface area contributed by atoms with Gasteiger partial charge in [0.1, 0.15) is 8.24 Å². The molecule has 16 heavy (non-hydrogen) atoms. The number of rotatable bonds is 8. The maximum absolute atomic E-state index is 2.72. The molecule has 0 saturated carbocycles. The van der Waals surface area contributed by atoms with Crippen LogP contribution in [0.15, 0.2) is 11.3 Å². The Morgan fingerprint density at radius 2 is 1.75 bits per heavy atom. The molecule has 0 radical (unpaired) electrons. The van der Waals surface area contributed by atoms with E-state index in [1.807, 2.05) is 0 Å². The fourth-order valence-electron chi connectivity index (χ4n) is 2.33. The van der Waals surface area contributed by atoms with Crippen molar-refractivity contribution in [2.75, 3.05) is 13.1 Å². The highest BCUT2D eigenvalue weighted by Crippen LogP contribution is 2.18. The van der Waals surface area contributed by atoms with E-state index in [0.717, 1.165) is 0 Å². The summed E-state index contributed by atoms with van der Waals surface area (Å²) in [6.07, 6.45) is 1.46. The van der Waals surface area contributed by atoms with E-state index in [0.29, 0.717) is 0 Å². The predicted octanol–water partition coefficient (Wildman–Crippen LogP) is 3.43. The van der Waals surface area contributed by atoms with Gasteiger partial charge in [0.15, 0.2) is 0 Å². The average molecular weight is 258 g/mol. The van der Waals surface area contributed by atoms with E-state index in [4.69, 9.17) is 0 Å². The topological polar surface area (TPSA) is 3.24 Å². The molecule has 0 rings (SSSR count). The second-order valence-electron chi connectivity index (χ2n) is 5.51. The summed E-state index contributed by atoms with van der Waals surface area (Å²) < 4.78 is 2.72. The lowest BCUT2D eigenvalue weighted by Crippen LogP contribution is -2.48. The fourth-order valence-corrected chi connectivity index (χ4v) is 7.29. The van der Waals surface area contributed by atoms with Crippen molar-refractivity contribution in [2.45, 2.75) is 59.3 Å². The van der Waals surface area contributed by atoms with E-state index < -0.39 is 8.24 Å². The normalized spacial score (nSPS) is 12.7. The molecule has 0 bridgehead atoms. The molecule has 0 fully saturated rings. The van der Waals surface area contributed by atoms with Crippen molar-refractivity contribution in [3.8, 4) is 0 Å². The van der Waals surface area contributed by atoms with E-state index in [-0.39, 0.29) is 9.52 Å². The van der Waals surface area contributed by atoms with Crippen molar-refractivity contribution >= 4 is 17.8 Å². The molecule has 0 saturated heterocycles. The molecular formula is C13H31NSi2. The highest BCUT2D eigenvalue weighted by Gasteiger charge is 2.26. The molecule has 1 nitrogen and oxygen atoms in total. The zero-order valence-electron chi connectivity index (χ0n) is 12.3. The van der Waals surface area contributed by atoms with E-state index in [1.54, 1.807) is 0 Å². The number of allylic oxidation sites excluding steroid dienone is 1. The van der Waals surface area contributed by atoms with Crippen LogP contribution in [0.4, 0.5) is 0 Å². The van der Waals surface area contributed by atoms with Crippen LogP contribution in [-0.2, 0) is 0 Å². The Bertz CT molecular complexity index is 204. The first-order valence-corrected chi connectivity index (χ1v) is 11.8. The standard InChI is InChI=1S/C13H31NSi2/c1-7-14(8-2)16(5,6)11-9-10-15-12-13(3)4/h12H,7-11,15H2,1-6H3. The Hall–Kier alpha value is 0.134. The van der Waals surface area contributed by atoms with Crippen molar-refractivity contribution in [3.63, 3.8) is 0 Å². The molecule has 0 spiro atoms. The Balaban J connectivity index is 3.85. The van der Waals surface area contributed by atoms with Gasteiger partial charge in [-0.15, -0.1) is 5.70 Å². The Labute approximate surface area is 106 Å². The van der Waals surface area contributed by atoms with Gasteiger partial charge < -0.3 is 4.57 Å². The Morgan fingerprint density at radius 3 is 2.19 bits per heavy atom. The minimum Gasteiger partial charge on any atom is -0.324 e. The van der Waals surface area contributed by atoms with Crippen LogP contribution in [0, 0.1) is 0 Å². The lowest BCUT2D eigenvalue weighted by Gasteiger charge is -2.35. The molecule has 0 amide bonds. The molecule has 0 unspecified atom stereocenters. The zero-order chi connectivity index (χ0) is 12.6. The summed E-state index contributed by atoms with van der Waals surface area (Å²) >= 11 is 0. The van der Waals surface area contributed by atoms with Crippen LogP contribution in [-0.4, -0.2) is 35.4 Å². The van der Waals surface area contributed by atoms with Gasteiger partial charge in [-0.2, -0.15) is 0 Å². The number of nitrogens with zero attached hydrogens (tertiary/aromatic N) is 1. The second-order valence-corrected chi connectivity index (χ2v) is 12.0. The molecule has 96 valence electrons. The van der Waals surface area contributed by atoms with Gasteiger partial charge in [0.05, 0.1) is 0 Å². The smallest absolute Gasteiger partial charge is 0.122 e. The van der Waals surface area contributed by atoms with E-state index >= 15 is 0 Å². The summed E-state index contributed by atoms with van der Waals surface area (Å²) in [6.45, 7) is 16.6. The van der Waals surface area contributed by atoms with E-state index in [1.165, 1.54) is 37.2 Å². The maximum atomic E-state index is 2.72. The minimum atomic E-state index is -1.08. The van der Waals surface area contributed by atoms with Gasteiger partial charge in [-0.05, 0) is 33.0 Å². The third-order valence-electron chi connectivity index (χ3n) is 3.41. The third-order valence-corrected chi connectivity index (χ3v) is 9.35. The Morgan fingerprint density at radius 1 is 1.19 bits per heavy atom. The van der Waals surface area contributed by atoms with Crippen molar-refractivity contribution < 1.29 is 0 Å². The van der Waals surface area contributed by atoms with Crippen molar-refractivity contribution in [1.29, 1.82) is 0 Å². The van der Waals surface area contributed by atoms with Crippen molar-refractivity contribution in [1.82, 2.24) is 4.57 Å². The van der Waals surface area contributed by atoms with Gasteiger partial charge >= 0.3 is 0 Å². The van der Waals surface area contributed by atoms with Gasteiger partial charge in [0.25, 0.3) is 0 Å². The summed E-state index contributed by atoms with van der Waals surface area (Å²) in [6, 6.07) is 2.99. The third kappa shape index (κ3) is 6.66. The SMILES string of the molecule is CCN(CC)[Si](C)(C)CCC[SiH2]C=C(C)C. The molecule has 0 aliphatic rings. The van der Waals surface area contributed by atoms with Gasteiger partial charge in [-0.3, -0.25) is 0 Å². The highest BCUT2D eigenvalue weighted by molar-refractivity contribution is 6.74. The molecule has 0 aromatic carbocycles. The first kappa shape index (κ1) is 16.1. The molecule has 0 aromatic rings. The maximum Gasteiger partial charge on any atom is 0.122 e. The van der Waals surface area contributed by atoms with Gasteiger partial charge in [-0.25, -0.2) is 0 Å². The predicted molar refractivity (Wildman–Crippen MR) is 82.6 cm³/mol. The summed E-state index contributed by atoms with van der Waals surface area (Å²) in [4.78, 5) is 0. The molecule has 0 aliphatic heterocycles. The Kier molecular flexibility index (Phi) is 8.33. The molecule has 0 N–H and O–H groups in total. The average Bonchev–Trinajstić information content (AvgIpc) is 2.17. The molecule has 0 aromatic heterocycles. The van der Waals surface area contributed by atoms with Crippen molar-refractivity contribution in [3.05, 3.63) is 11.3 Å². The molecule has 0 atom stereocenters. The number of hydrogen-bond donors (Lipinski definition) is 0. The van der Waals surface area contributed by atoms with E-state index in [9.17, 15) is 0 Å². The lowest BCUT2D eigenvalue weighted by molar-refractivity contribution is 0.464. The minimum absolute atomic E-state index is 0.0994. The van der Waals surface area contributed by atoms with Crippen LogP contribution in [0.1, 0.15) is 34.1 Å².